The summed E-state index contributed by atoms with van der Waals surface area (Å²) in [5.41, 5.74) is 0.924. The lowest BCUT2D eigenvalue weighted by atomic mass is 10.1. The molecule has 68 valence electrons. The van der Waals surface area contributed by atoms with E-state index >= 15 is 0 Å². The molecule has 2 rings (SSSR count). The molecule has 1 heterocycles. The number of fused-ring (bicyclic) bond motifs is 1. The van der Waals surface area contributed by atoms with Crippen LogP contribution in [-0.4, -0.2) is 7.11 Å². The maximum Gasteiger partial charge on any atom is 0.141 e. The van der Waals surface area contributed by atoms with E-state index < -0.39 is 0 Å². The van der Waals surface area contributed by atoms with Gasteiger partial charge in [0.15, 0.2) is 0 Å². The van der Waals surface area contributed by atoms with Crippen LogP contribution < -0.4 is 4.74 Å². The van der Waals surface area contributed by atoms with Gasteiger partial charge in [0.1, 0.15) is 11.6 Å². The van der Waals surface area contributed by atoms with Gasteiger partial charge >= 0.3 is 0 Å². The summed E-state index contributed by atoms with van der Waals surface area (Å²) in [6, 6.07) is 3.70. The molecular formula is C10H9FOS. The maximum absolute atomic E-state index is 13.2. The molecule has 0 N–H and O–H groups in total. The first kappa shape index (κ1) is 8.51. The zero-order chi connectivity index (χ0) is 9.42. The lowest BCUT2D eigenvalue weighted by molar-refractivity contribution is 0.415. The monoisotopic (exact) mass is 196 g/mol. The van der Waals surface area contributed by atoms with Crippen LogP contribution in [0.3, 0.4) is 0 Å². The largest absolute Gasteiger partial charge is 0.497 e. The van der Waals surface area contributed by atoms with Crippen molar-refractivity contribution in [1.82, 2.24) is 0 Å². The summed E-state index contributed by atoms with van der Waals surface area (Å²) in [5.74, 6) is 0.645. The molecule has 0 amide bonds. The van der Waals surface area contributed by atoms with Gasteiger partial charge in [0, 0.05) is 15.5 Å². The van der Waals surface area contributed by atoms with Crippen LogP contribution in [-0.2, 0) is 0 Å². The zero-order valence-corrected chi connectivity index (χ0v) is 8.24. The zero-order valence-electron chi connectivity index (χ0n) is 7.43. The van der Waals surface area contributed by atoms with Crippen LogP contribution in [0.1, 0.15) is 5.56 Å². The van der Waals surface area contributed by atoms with Crippen molar-refractivity contribution in [3.63, 3.8) is 0 Å². The lowest BCUT2D eigenvalue weighted by Crippen LogP contribution is -1.84. The Bertz CT molecular complexity index is 447. The van der Waals surface area contributed by atoms with E-state index in [0.717, 1.165) is 16.0 Å². The molecule has 0 unspecified atom stereocenters. The number of methoxy groups -OCH3 is 1. The molecular weight excluding hydrogens is 187 g/mol. The molecule has 1 aromatic carbocycles. The van der Waals surface area contributed by atoms with Gasteiger partial charge in [-0.25, -0.2) is 4.39 Å². The fraction of sp³-hybridized carbons (Fsp3) is 0.200. The highest BCUT2D eigenvalue weighted by atomic mass is 32.1. The smallest absolute Gasteiger partial charge is 0.141 e. The van der Waals surface area contributed by atoms with Crippen molar-refractivity contribution < 1.29 is 9.13 Å². The van der Waals surface area contributed by atoms with Crippen LogP contribution in [0, 0.1) is 12.7 Å². The van der Waals surface area contributed by atoms with Crippen molar-refractivity contribution in [3.05, 3.63) is 28.9 Å². The van der Waals surface area contributed by atoms with E-state index in [0.29, 0.717) is 5.39 Å². The number of ether oxygens (including phenoxy) is 1. The molecule has 0 spiro atoms. The first-order valence-corrected chi connectivity index (χ1v) is 4.81. The van der Waals surface area contributed by atoms with Gasteiger partial charge in [-0.15, -0.1) is 11.3 Å². The Hall–Kier alpha value is -1.09. The van der Waals surface area contributed by atoms with Gasteiger partial charge in [-0.2, -0.15) is 0 Å². The van der Waals surface area contributed by atoms with Crippen LogP contribution >= 0.6 is 11.3 Å². The third-order valence-corrected chi connectivity index (χ3v) is 2.94. The van der Waals surface area contributed by atoms with Crippen LogP contribution in [0.15, 0.2) is 17.5 Å². The summed E-state index contributed by atoms with van der Waals surface area (Å²) in [6.07, 6.45) is 0. The van der Waals surface area contributed by atoms with E-state index in [2.05, 4.69) is 0 Å². The van der Waals surface area contributed by atoms with Gasteiger partial charge in [0.2, 0.25) is 0 Å². The van der Waals surface area contributed by atoms with E-state index in [-0.39, 0.29) is 5.82 Å². The van der Waals surface area contributed by atoms with Crippen molar-refractivity contribution in [2.45, 2.75) is 6.92 Å². The summed E-state index contributed by atoms with van der Waals surface area (Å²) in [6.45, 7) is 1.89. The molecule has 3 heteroatoms. The molecule has 0 bridgehead atoms. The van der Waals surface area contributed by atoms with E-state index in [9.17, 15) is 4.39 Å². The average Bonchev–Trinajstić information content (AvgIpc) is 2.48. The van der Waals surface area contributed by atoms with Crippen molar-refractivity contribution >= 4 is 21.4 Å². The number of halogens is 1. The Morgan fingerprint density at radius 1 is 1.38 bits per heavy atom. The topological polar surface area (TPSA) is 9.23 Å². The van der Waals surface area contributed by atoms with E-state index in [1.165, 1.54) is 16.7 Å². The Kier molecular flexibility index (Phi) is 1.96. The highest BCUT2D eigenvalue weighted by Gasteiger charge is 2.07. The van der Waals surface area contributed by atoms with Crippen LogP contribution in [0.25, 0.3) is 10.1 Å². The first-order chi connectivity index (χ1) is 6.22. The van der Waals surface area contributed by atoms with E-state index in [1.54, 1.807) is 7.11 Å². The Labute approximate surface area is 79.8 Å². The molecule has 0 saturated carbocycles. The second kappa shape index (κ2) is 3.00. The highest BCUT2D eigenvalue weighted by molar-refractivity contribution is 7.17. The molecule has 13 heavy (non-hydrogen) atoms. The number of rotatable bonds is 1. The predicted molar refractivity (Wildman–Crippen MR) is 53.1 cm³/mol. The number of thiophene rings is 1. The molecule has 0 fully saturated rings. The quantitative estimate of drug-likeness (QED) is 0.679. The second-order valence-electron chi connectivity index (χ2n) is 2.90. The van der Waals surface area contributed by atoms with E-state index in [1.807, 2.05) is 19.1 Å². The summed E-state index contributed by atoms with van der Waals surface area (Å²) < 4.78 is 19.2. The standard InChI is InChI=1S/C10H9FOS/c1-6-3-7(12-2)4-9-10(6)8(11)5-13-9/h3-5H,1-2H3. The summed E-state index contributed by atoms with van der Waals surface area (Å²) in [5, 5.41) is 2.24. The van der Waals surface area contributed by atoms with Crippen LogP contribution in [0.4, 0.5) is 4.39 Å². The SMILES string of the molecule is COc1cc(C)c2c(F)csc2c1. The second-order valence-corrected chi connectivity index (χ2v) is 3.81. The summed E-state index contributed by atoms with van der Waals surface area (Å²) >= 11 is 1.40. The summed E-state index contributed by atoms with van der Waals surface area (Å²) in [7, 11) is 1.62. The van der Waals surface area contributed by atoms with Gasteiger partial charge in [-0.3, -0.25) is 0 Å². The van der Waals surface area contributed by atoms with Crippen molar-refractivity contribution in [2.24, 2.45) is 0 Å². The Morgan fingerprint density at radius 2 is 2.15 bits per heavy atom. The van der Waals surface area contributed by atoms with Gasteiger partial charge < -0.3 is 4.74 Å². The number of benzene rings is 1. The molecule has 1 nitrogen and oxygen atoms in total. The minimum Gasteiger partial charge on any atom is -0.497 e. The maximum atomic E-state index is 13.2. The highest BCUT2D eigenvalue weighted by Crippen LogP contribution is 2.31. The summed E-state index contributed by atoms with van der Waals surface area (Å²) in [4.78, 5) is 0. The predicted octanol–water partition coefficient (Wildman–Crippen LogP) is 3.36. The fourth-order valence-electron chi connectivity index (χ4n) is 1.41. The number of hydrogen-bond donors (Lipinski definition) is 0. The van der Waals surface area contributed by atoms with Crippen molar-refractivity contribution in [2.75, 3.05) is 7.11 Å². The molecule has 2 aromatic rings. The molecule has 0 radical (unpaired) electrons. The molecule has 0 saturated heterocycles. The molecule has 0 aliphatic carbocycles. The normalized spacial score (nSPS) is 10.7. The number of hydrogen-bond acceptors (Lipinski definition) is 2. The minimum absolute atomic E-state index is 0.139. The minimum atomic E-state index is -0.139. The van der Waals surface area contributed by atoms with Gasteiger partial charge in [0.05, 0.1) is 7.11 Å². The Morgan fingerprint density at radius 3 is 2.85 bits per heavy atom. The van der Waals surface area contributed by atoms with Crippen LogP contribution in [0.2, 0.25) is 0 Å². The Balaban J connectivity index is 2.79. The molecule has 0 aliphatic heterocycles. The number of aryl methyl sites for hydroxylation is 1. The first-order valence-electron chi connectivity index (χ1n) is 3.93. The van der Waals surface area contributed by atoms with Crippen LogP contribution in [0.5, 0.6) is 5.75 Å². The average molecular weight is 196 g/mol. The van der Waals surface area contributed by atoms with Gasteiger partial charge in [0.25, 0.3) is 0 Å². The van der Waals surface area contributed by atoms with Gasteiger partial charge in [-0.1, -0.05) is 0 Å². The fourth-order valence-corrected chi connectivity index (χ4v) is 2.32. The van der Waals surface area contributed by atoms with Crippen molar-refractivity contribution in [1.29, 1.82) is 0 Å². The van der Waals surface area contributed by atoms with Gasteiger partial charge in [-0.05, 0) is 24.6 Å². The molecule has 0 aliphatic rings. The third kappa shape index (κ3) is 1.29. The molecule has 1 aromatic heterocycles. The van der Waals surface area contributed by atoms with Crippen molar-refractivity contribution in [3.8, 4) is 5.75 Å². The molecule has 0 atom stereocenters. The van der Waals surface area contributed by atoms with E-state index in [4.69, 9.17) is 4.74 Å². The third-order valence-electron chi connectivity index (χ3n) is 2.04. The lowest BCUT2D eigenvalue weighted by Gasteiger charge is -2.02.